The Hall–Kier alpha value is -1.48. The third-order valence-electron chi connectivity index (χ3n) is 3.32. The monoisotopic (exact) mass is 246 g/mol. The van der Waals surface area contributed by atoms with Crippen LogP contribution in [-0.4, -0.2) is 24.8 Å². The topological polar surface area (TPSA) is 26.2 Å². The summed E-state index contributed by atoms with van der Waals surface area (Å²) in [6.45, 7) is 4.27. The fraction of sp³-hybridized carbons (Fsp3) is 0.467. The quantitative estimate of drug-likeness (QED) is 0.793. The number of hydrogen-bond acceptors (Lipinski definition) is 2. The van der Waals surface area contributed by atoms with E-state index in [2.05, 4.69) is 42.2 Å². The van der Waals surface area contributed by atoms with Crippen molar-refractivity contribution in [3.05, 3.63) is 30.0 Å². The first kappa shape index (κ1) is 13.0. The van der Waals surface area contributed by atoms with Gasteiger partial charge in [-0.15, -0.1) is 0 Å². The molecular formula is C15H22N2O. The molecule has 1 N–H and O–H groups in total. The molecule has 0 saturated heterocycles. The Labute approximate surface area is 109 Å². The molecule has 0 fully saturated rings. The standard InChI is InChI=1S/C15H22N2O/c1-4-16-10-6-7-12-11-17(2)15-13(12)8-5-9-14(15)18-3/h5,8-9,11,16H,4,6-7,10H2,1-3H3. The maximum atomic E-state index is 5.43. The average Bonchev–Trinajstić information content (AvgIpc) is 2.72. The minimum Gasteiger partial charge on any atom is -0.495 e. The van der Waals surface area contributed by atoms with Crippen LogP contribution in [0.2, 0.25) is 0 Å². The van der Waals surface area contributed by atoms with Gasteiger partial charge in [0.1, 0.15) is 5.75 Å². The van der Waals surface area contributed by atoms with E-state index in [1.807, 2.05) is 6.07 Å². The minimum absolute atomic E-state index is 0.952. The molecule has 98 valence electrons. The van der Waals surface area contributed by atoms with Crippen LogP contribution < -0.4 is 10.1 Å². The molecule has 0 atom stereocenters. The number of aryl methyl sites for hydroxylation is 2. The number of nitrogens with one attached hydrogen (secondary N) is 1. The van der Waals surface area contributed by atoms with E-state index in [1.54, 1.807) is 7.11 Å². The van der Waals surface area contributed by atoms with Crippen LogP contribution in [0.25, 0.3) is 10.9 Å². The van der Waals surface area contributed by atoms with Crippen LogP contribution >= 0.6 is 0 Å². The summed E-state index contributed by atoms with van der Waals surface area (Å²) in [6, 6.07) is 6.26. The summed E-state index contributed by atoms with van der Waals surface area (Å²) in [5.74, 6) is 0.952. The van der Waals surface area contributed by atoms with E-state index >= 15 is 0 Å². The number of hydrogen-bond donors (Lipinski definition) is 1. The van der Waals surface area contributed by atoms with Crippen molar-refractivity contribution >= 4 is 10.9 Å². The number of fused-ring (bicyclic) bond motifs is 1. The number of nitrogens with zero attached hydrogens (tertiary/aromatic N) is 1. The van der Waals surface area contributed by atoms with Crippen LogP contribution in [0.4, 0.5) is 0 Å². The first-order chi connectivity index (χ1) is 8.77. The summed E-state index contributed by atoms with van der Waals surface area (Å²) in [6.07, 6.45) is 4.50. The average molecular weight is 246 g/mol. The van der Waals surface area contributed by atoms with E-state index in [0.717, 1.165) is 25.3 Å². The van der Waals surface area contributed by atoms with Crippen molar-refractivity contribution in [3.63, 3.8) is 0 Å². The normalized spacial score (nSPS) is 11.1. The molecule has 0 aliphatic heterocycles. The van der Waals surface area contributed by atoms with Crippen molar-refractivity contribution in [1.82, 2.24) is 9.88 Å². The molecule has 0 radical (unpaired) electrons. The van der Waals surface area contributed by atoms with Crippen molar-refractivity contribution in [2.45, 2.75) is 19.8 Å². The molecule has 1 aromatic carbocycles. The molecule has 1 aromatic heterocycles. The zero-order chi connectivity index (χ0) is 13.0. The zero-order valence-corrected chi connectivity index (χ0v) is 11.5. The molecule has 0 amide bonds. The number of benzene rings is 1. The molecule has 0 aliphatic rings. The molecule has 2 aromatic rings. The molecule has 2 rings (SSSR count). The number of rotatable bonds is 6. The van der Waals surface area contributed by atoms with Crippen molar-refractivity contribution in [2.24, 2.45) is 7.05 Å². The molecular weight excluding hydrogens is 224 g/mol. The largest absolute Gasteiger partial charge is 0.495 e. The van der Waals surface area contributed by atoms with Gasteiger partial charge >= 0.3 is 0 Å². The van der Waals surface area contributed by atoms with Crippen LogP contribution in [0.15, 0.2) is 24.4 Å². The lowest BCUT2D eigenvalue weighted by molar-refractivity contribution is 0.418. The van der Waals surface area contributed by atoms with E-state index in [4.69, 9.17) is 4.74 Å². The van der Waals surface area contributed by atoms with Gasteiger partial charge in [-0.25, -0.2) is 0 Å². The Bertz CT molecular complexity index is 516. The molecule has 0 saturated carbocycles. The zero-order valence-electron chi connectivity index (χ0n) is 11.5. The lowest BCUT2D eigenvalue weighted by atomic mass is 10.1. The Morgan fingerprint density at radius 2 is 2.17 bits per heavy atom. The second-order valence-electron chi connectivity index (χ2n) is 4.58. The van der Waals surface area contributed by atoms with Gasteiger partial charge in [0.05, 0.1) is 12.6 Å². The molecule has 18 heavy (non-hydrogen) atoms. The second-order valence-corrected chi connectivity index (χ2v) is 4.58. The Balaban J connectivity index is 2.24. The predicted octanol–water partition coefficient (Wildman–Crippen LogP) is 2.73. The lowest BCUT2D eigenvalue weighted by Crippen LogP contribution is -2.14. The molecule has 0 spiro atoms. The van der Waals surface area contributed by atoms with E-state index in [-0.39, 0.29) is 0 Å². The number of para-hydroxylation sites is 1. The summed E-state index contributed by atoms with van der Waals surface area (Å²) in [5, 5.41) is 4.68. The van der Waals surface area contributed by atoms with E-state index in [9.17, 15) is 0 Å². The fourth-order valence-electron chi connectivity index (χ4n) is 2.46. The molecule has 0 aliphatic carbocycles. The highest BCUT2D eigenvalue weighted by atomic mass is 16.5. The van der Waals surface area contributed by atoms with Crippen LogP contribution in [0, 0.1) is 0 Å². The predicted molar refractivity (Wildman–Crippen MR) is 76.3 cm³/mol. The van der Waals surface area contributed by atoms with Gasteiger partial charge in [-0.2, -0.15) is 0 Å². The van der Waals surface area contributed by atoms with Gasteiger partial charge in [0, 0.05) is 18.6 Å². The van der Waals surface area contributed by atoms with Crippen molar-refractivity contribution in [2.75, 3.05) is 20.2 Å². The molecule has 3 heteroatoms. The van der Waals surface area contributed by atoms with Gasteiger partial charge in [-0.3, -0.25) is 0 Å². The van der Waals surface area contributed by atoms with E-state index < -0.39 is 0 Å². The van der Waals surface area contributed by atoms with Crippen molar-refractivity contribution in [3.8, 4) is 5.75 Å². The molecule has 0 unspecified atom stereocenters. The Morgan fingerprint density at radius 1 is 1.33 bits per heavy atom. The summed E-state index contributed by atoms with van der Waals surface area (Å²) < 4.78 is 7.59. The summed E-state index contributed by atoms with van der Waals surface area (Å²) in [7, 11) is 3.81. The molecule has 0 bridgehead atoms. The third-order valence-corrected chi connectivity index (χ3v) is 3.32. The van der Waals surface area contributed by atoms with Gasteiger partial charge < -0.3 is 14.6 Å². The minimum atomic E-state index is 0.952. The summed E-state index contributed by atoms with van der Waals surface area (Å²) >= 11 is 0. The van der Waals surface area contributed by atoms with Gasteiger partial charge in [-0.1, -0.05) is 19.1 Å². The molecule has 1 heterocycles. The number of methoxy groups -OCH3 is 1. The van der Waals surface area contributed by atoms with Gasteiger partial charge in [-0.05, 0) is 37.6 Å². The Morgan fingerprint density at radius 3 is 2.89 bits per heavy atom. The van der Waals surface area contributed by atoms with Crippen molar-refractivity contribution in [1.29, 1.82) is 0 Å². The lowest BCUT2D eigenvalue weighted by Gasteiger charge is -2.04. The molecule has 3 nitrogen and oxygen atoms in total. The van der Waals surface area contributed by atoms with Gasteiger partial charge in [0.25, 0.3) is 0 Å². The van der Waals surface area contributed by atoms with Gasteiger partial charge in [0.15, 0.2) is 0 Å². The number of aromatic nitrogens is 1. The highest BCUT2D eigenvalue weighted by Crippen LogP contribution is 2.29. The van der Waals surface area contributed by atoms with Gasteiger partial charge in [0.2, 0.25) is 0 Å². The Kier molecular flexibility index (Phi) is 4.26. The highest BCUT2D eigenvalue weighted by molar-refractivity contribution is 5.89. The van der Waals surface area contributed by atoms with Crippen LogP contribution in [0.1, 0.15) is 18.9 Å². The summed E-state index contributed by atoms with van der Waals surface area (Å²) in [5.41, 5.74) is 2.60. The third kappa shape index (κ3) is 2.51. The first-order valence-corrected chi connectivity index (χ1v) is 6.59. The maximum absolute atomic E-state index is 5.43. The number of ether oxygens (including phenoxy) is 1. The summed E-state index contributed by atoms with van der Waals surface area (Å²) in [4.78, 5) is 0. The first-order valence-electron chi connectivity index (χ1n) is 6.59. The van der Waals surface area contributed by atoms with Crippen molar-refractivity contribution < 1.29 is 4.74 Å². The SMILES string of the molecule is CCNCCCc1cn(C)c2c(OC)cccc12. The van der Waals surface area contributed by atoms with E-state index in [0.29, 0.717) is 0 Å². The van der Waals surface area contributed by atoms with Crippen LogP contribution in [0.5, 0.6) is 5.75 Å². The van der Waals surface area contributed by atoms with Crippen LogP contribution in [0.3, 0.4) is 0 Å². The highest BCUT2D eigenvalue weighted by Gasteiger charge is 2.10. The van der Waals surface area contributed by atoms with Crippen LogP contribution in [-0.2, 0) is 13.5 Å². The second kappa shape index (κ2) is 5.91. The van der Waals surface area contributed by atoms with E-state index in [1.165, 1.54) is 22.9 Å². The maximum Gasteiger partial charge on any atom is 0.143 e. The fourth-order valence-corrected chi connectivity index (χ4v) is 2.46. The smallest absolute Gasteiger partial charge is 0.143 e.